The first-order valence-electron chi connectivity index (χ1n) is 10.4. The van der Waals surface area contributed by atoms with Gasteiger partial charge in [-0.3, -0.25) is 4.79 Å². The number of carbonyl (C=O) groups excluding carboxylic acids is 1. The molecule has 1 fully saturated rings. The van der Waals surface area contributed by atoms with Crippen LogP contribution < -0.4 is 14.9 Å². The van der Waals surface area contributed by atoms with Crippen molar-refractivity contribution in [1.29, 1.82) is 0 Å². The van der Waals surface area contributed by atoms with Gasteiger partial charge >= 0.3 is 6.18 Å². The molecule has 1 amide bonds. The van der Waals surface area contributed by atoms with Crippen molar-refractivity contribution in [1.82, 2.24) is 15.0 Å². The fourth-order valence-electron chi connectivity index (χ4n) is 3.45. The van der Waals surface area contributed by atoms with Crippen molar-refractivity contribution < 1.29 is 26.4 Å². The Bertz CT molecular complexity index is 1080. The number of pyridine rings is 1. The van der Waals surface area contributed by atoms with Crippen LogP contribution in [0.5, 0.6) is 0 Å². The summed E-state index contributed by atoms with van der Waals surface area (Å²) < 4.78 is 64.3. The third kappa shape index (κ3) is 6.78. The Hall–Kier alpha value is -2.92. The van der Waals surface area contributed by atoms with Gasteiger partial charge in [0.2, 0.25) is 15.9 Å². The maximum atomic E-state index is 12.7. The summed E-state index contributed by atoms with van der Waals surface area (Å²) in [4.78, 5) is 18.2. The molecule has 0 unspecified atom stereocenters. The lowest BCUT2D eigenvalue weighted by atomic mass is 10.0. The minimum absolute atomic E-state index is 0.0551. The van der Waals surface area contributed by atoms with Gasteiger partial charge in [-0.2, -0.15) is 13.2 Å². The normalized spacial score (nSPS) is 15.7. The average molecular weight is 483 g/mol. The van der Waals surface area contributed by atoms with Crippen LogP contribution in [-0.4, -0.2) is 45.0 Å². The Morgan fingerprint density at radius 1 is 1.15 bits per heavy atom. The van der Waals surface area contributed by atoms with E-state index in [0.29, 0.717) is 43.9 Å². The monoisotopic (exact) mass is 482 g/mol. The van der Waals surface area contributed by atoms with Gasteiger partial charge in [0.1, 0.15) is 5.82 Å². The predicted octanol–water partition coefficient (Wildman–Crippen LogP) is 3.20. The van der Waals surface area contributed by atoms with Gasteiger partial charge in [0.25, 0.3) is 0 Å². The predicted molar refractivity (Wildman–Crippen MR) is 119 cm³/mol. The number of halogens is 3. The van der Waals surface area contributed by atoms with Crippen LogP contribution in [0.15, 0.2) is 53.6 Å². The zero-order chi connectivity index (χ0) is 24.1. The number of sulfonamides is 1. The molecule has 1 aliphatic heterocycles. The molecule has 0 atom stereocenters. The topological polar surface area (TPSA) is 91.4 Å². The van der Waals surface area contributed by atoms with Crippen molar-refractivity contribution in [3.8, 4) is 0 Å². The Kier molecular flexibility index (Phi) is 7.75. The highest BCUT2D eigenvalue weighted by molar-refractivity contribution is 7.89. The summed E-state index contributed by atoms with van der Waals surface area (Å²) in [5, 5.41) is 2.92. The fourth-order valence-corrected chi connectivity index (χ4v) is 4.49. The molecule has 1 saturated heterocycles. The third-order valence-corrected chi connectivity index (χ3v) is 6.75. The van der Waals surface area contributed by atoms with E-state index in [0.717, 1.165) is 12.3 Å². The first-order chi connectivity index (χ1) is 15.6. The lowest BCUT2D eigenvalue weighted by Gasteiger charge is -2.33. The molecule has 2 N–H and O–H groups in total. The summed E-state index contributed by atoms with van der Waals surface area (Å²) >= 11 is 0. The van der Waals surface area contributed by atoms with Crippen LogP contribution in [0, 0.1) is 0 Å². The minimum atomic E-state index is -4.41. The van der Waals surface area contributed by atoms with Crippen molar-refractivity contribution in [2.75, 3.05) is 24.5 Å². The number of hydrogen-bond acceptors (Lipinski definition) is 5. The van der Waals surface area contributed by atoms with Gasteiger partial charge in [-0.1, -0.05) is 19.1 Å². The second-order valence-corrected chi connectivity index (χ2v) is 9.34. The van der Waals surface area contributed by atoms with Crippen LogP contribution in [0.25, 0.3) is 6.08 Å². The van der Waals surface area contributed by atoms with Crippen molar-refractivity contribution in [3.05, 3.63) is 59.8 Å². The van der Waals surface area contributed by atoms with E-state index in [1.807, 2.05) is 4.90 Å². The van der Waals surface area contributed by atoms with Crippen molar-refractivity contribution >= 4 is 27.8 Å². The highest BCUT2D eigenvalue weighted by Gasteiger charge is 2.31. The molecule has 0 aliphatic carbocycles. The van der Waals surface area contributed by atoms with Gasteiger partial charge in [-0.25, -0.2) is 18.1 Å². The summed E-state index contributed by atoms with van der Waals surface area (Å²) in [6.07, 6.45) is 0.676. The lowest BCUT2D eigenvalue weighted by Crippen LogP contribution is -2.44. The van der Waals surface area contributed by atoms with E-state index in [1.54, 1.807) is 25.1 Å². The Morgan fingerprint density at radius 2 is 1.82 bits per heavy atom. The number of rotatable bonds is 7. The van der Waals surface area contributed by atoms with Gasteiger partial charge in [-0.15, -0.1) is 0 Å². The van der Waals surface area contributed by atoms with Crippen LogP contribution in [0.3, 0.4) is 0 Å². The summed E-state index contributed by atoms with van der Waals surface area (Å²) in [6.45, 7) is 3.12. The number of amides is 1. The first-order valence-corrected chi connectivity index (χ1v) is 11.9. The molecular weight excluding hydrogens is 457 g/mol. The molecule has 1 aromatic carbocycles. The first kappa shape index (κ1) is 24.7. The molecule has 0 radical (unpaired) electrons. The molecule has 1 aromatic heterocycles. The number of nitrogens with one attached hydrogen (secondary N) is 2. The van der Waals surface area contributed by atoms with Gasteiger partial charge in [0.05, 0.1) is 10.5 Å². The summed E-state index contributed by atoms with van der Waals surface area (Å²) in [5.41, 5.74) is -0.0992. The van der Waals surface area contributed by atoms with Gasteiger partial charge in [-0.05, 0) is 48.7 Å². The SMILES string of the molecule is CCNS(=O)(=O)c1ccc(/C=C/C(=O)NC2CCN(c3ccc(C(F)(F)F)cn3)CC2)cc1. The maximum Gasteiger partial charge on any atom is 0.417 e. The zero-order valence-corrected chi connectivity index (χ0v) is 18.8. The lowest BCUT2D eigenvalue weighted by molar-refractivity contribution is -0.137. The maximum absolute atomic E-state index is 12.7. The van der Waals surface area contributed by atoms with E-state index in [-0.39, 0.29) is 16.8 Å². The number of piperidine rings is 1. The zero-order valence-electron chi connectivity index (χ0n) is 18.0. The Balaban J connectivity index is 1.49. The summed E-state index contributed by atoms with van der Waals surface area (Å²) in [7, 11) is -3.52. The fraction of sp³-hybridized carbons (Fsp3) is 0.364. The molecule has 1 aliphatic rings. The largest absolute Gasteiger partial charge is 0.417 e. The Morgan fingerprint density at radius 3 is 2.36 bits per heavy atom. The molecule has 0 saturated carbocycles. The molecule has 178 valence electrons. The number of hydrogen-bond donors (Lipinski definition) is 2. The van der Waals surface area contributed by atoms with E-state index in [2.05, 4.69) is 15.0 Å². The molecular formula is C22H25F3N4O3S. The summed E-state index contributed by atoms with van der Waals surface area (Å²) in [6, 6.07) is 8.50. The number of anilines is 1. The van der Waals surface area contributed by atoms with E-state index in [9.17, 15) is 26.4 Å². The highest BCUT2D eigenvalue weighted by atomic mass is 32.2. The smallest absolute Gasteiger partial charge is 0.356 e. The van der Waals surface area contributed by atoms with E-state index in [1.165, 1.54) is 24.3 Å². The quantitative estimate of drug-likeness (QED) is 0.592. The van der Waals surface area contributed by atoms with Crippen molar-refractivity contribution in [2.24, 2.45) is 0 Å². The number of nitrogens with zero attached hydrogens (tertiary/aromatic N) is 2. The van der Waals surface area contributed by atoms with Gasteiger partial charge in [0, 0.05) is 37.9 Å². The second-order valence-electron chi connectivity index (χ2n) is 7.58. The minimum Gasteiger partial charge on any atom is -0.356 e. The molecule has 3 rings (SSSR count). The Labute approximate surface area is 190 Å². The molecule has 2 aromatic rings. The van der Waals surface area contributed by atoms with Crippen molar-refractivity contribution in [2.45, 2.75) is 36.9 Å². The standard InChI is InChI=1S/C22H25F3N4O3S/c1-2-27-33(31,32)19-7-3-16(4-8-19)5-10-21(30)28-18-11-13-29(14-12-18)20-9-6-17(15-26-20)22(23,24)25/h3-10,15,18,27H,2,11-14H2,1H3,(H,28,30)/b10-5+. The van der Waals surface area contributed by atoms with Crippen LogP contribution >= 0.6 is 0 Å². The van der Waals surface area contributed by atoms with Crippen LogP contribution in [0.4, 0.5) is 19.0 Å². The van der Waals surface area contributed by atoms with Crippen LogP contribution in [0.1, 0.15) is 30.9 Å². The van der Waals surface area contributed by atoms with E-state index >= 15 is 0 Å². The number of benzene rings is 1. The highest BCUT2D eigenvalue weighted by Crippen LogP contribution is 2.29. The third-order valence-electron chi connectivity index (χ3n) is 5.19. The number of aromatic nitrogens is 1. The van der Waals surface area contributed by atoms with Gasteiger partial charge < -0.3 is 10.2 Å². The van der Waals surface area contributed by atoms with Crippen LogP contribution in [-0.2, 0) is 21.0 Å². The summed E-state index contributed by atoms with van der Waals surface area (Å²) in [5.74, 6) is 0.206. The molecule has 0 bridgehead atoms. The molecule has 7 nitrogen and oxygen atoms in total. The van der Waals surface area contributed by atoms with E-state index < -0.39 is 21.8 Å². The molecule has 33 heavy (non-hydrogen) atoms. The molecule has 2 heterocycles. The second kappa shape index (κ2) is 10.3. The average Bonchev–Trinajstić information content (AvgIpc) is 2.78. The van der Waals surface area contributed by atoms with E-state index in [4.69, 9.17) is 0 Å². The van der Waals surface area contributed by atoms with Crippen molar-refractivity contribution in [3.63, 3.8) is 0 Å². The molecule has 11 heteroatoms. The number of alkyl halides is 3. The van der Waals surface area contributed by atoms with Crippen LogP contribution in [0.2, 0.25) is 0 Å². The van der Waals surface area contributed by atoms with Gasteiger partial charge in [0.15, 0.2) is 0 Å². The number of carbonyl (C=O) groups is 1. The molecule has 0 spiro atoms.